The van der Waals surface area contributed by atoms with Gasteiger partial charge in [0.05, 0.1) is 5.69 Å². The Morgan fingerprint density at radius 2 is 1.76 bits per heavy atom. The van der Waals surface area contributed by atoms with E-state index >= 15 is 0 Å². The number of rotatable bonds is 2. The lowest BCUT2D eigenvalue weighted by molar-refractivity contribution is -0.192. The van der Waals surface area contributed by atoms with Gasteiger partial charge in [0.2, 0.25) is 5.92 Å². The van der Waals surface area contributed by atoms with Crippen LogP contribution in [0.5, 0.6) is 0 Å². The van der Waals surface area contributed by atoms with E-state index in [1.807, 2.05) is 13.8 Å². The van der Waals surface area contributed by atoms with E-state index in [9.17, 15) is 22.0 Å². The molecule has 10 heteroatoms. The molecule has 2 aliphatic rings. The van der Waals surface area contributed by atoms with E-state index in [4.69, 9.17) is 14.4 Å². The Morgan fingerprint density at radius 1 is 1.28 bits per heavy atom. The molecule has 1 saturated heterocycles. The van der Waals surface area contributed by atoms with Crippen molar-refractivity contribution in [2.45, 2.75) is 45.3 Å². The molecule has 1 aliphatic heterocycles. The molecule has 1 aromatic rings. The van der Waals surface area contributed by atoms with Crippen LogP contribution < -0.4 is 0 Å². The molecule has 1 N–H and O–H groups in total. The molecule has 3 rings (SSSR count). The van der Waals surface area contributed by atoms with Crippen LogP contribution >= 0.6 is 0 Å². The number of fused-ring (bicyclic) bond motifs is 1. The van der Waals surface area contributed by atoms with Crippen LogP contribution in [0.2, 0.25) is 0 Å². The Balaban J connectivity index is 0.000000277. The summed E-state index contributed by atoms with van der Waals surface area (Å²) in [4.78, 5) is 11.2. The zero-order valence-electron chi connectivity index (χ0n) is 13.7. The number of likely N-dealkylation sites (tertiary alicyclic amines) is 1. The van der Waals surface area contributed by atoms with Crippen molar-refractivity contribution in [3.63, 3.8) is 0 Å². The average Bonchev–Trinajstić information content (AvgIpc) is 3.04. The number of aromatic nitrogens is 1. The number of hydrogen-bond donors (Lipinski definition) is 1. The molecule has 0 unspecified atom stereocenters. The number of carboxylic acid groups (broad SMARTS) is 1. The second kappa shape index (κ2) is 6.89. The van der Waals surface area contributed by atoms with Gasteiger partial charge in [-0.25, -0.2) is 13.6 Å². The van der Waals surface area contributed by atoms with E-state index in [1.165, 1.54) is 0 Å². The van der Waals surface area contributed by atoms with Crippen LogP contribution in [0.25, 0.3) is 0 Å². The van der Waals surface area contributed by atoms with Gasteiger partial charge in [0, 0.05) is 38.0 Å². The molecular formula is C15H19F5N2O3. The van der Waals surface area contributed by atoms with Gasteiger partial charge in [-0.15, -0.1) is 0 Å². The monoisotopic (exact) mass is 370 g/mol. The zero-order valence-corrected chi connectivity index (χ0v) is 13.7. The van der Waals surface area contributed by atoms with Gasteiger partial charge in [-0.3, -0.25) is 4.90 Å². The van der Waals surface area contributed by atoms with Gasteiger partial charge in [-0.2, -0.15) is 13.2 Å². The number of carbonyl (C=O) groups is 1. The maximum Gasteiger partial charge on any atom is 0.490 e. The third kappa shape index (κ3) is 4.90. The van der Waals surface area contributed by atoms with Crippen LogP contribution in [0.4, 0.5) is 22.0 Å². The Bertz CT molecular complexity index is 594. The number of alkyl halides is 5. The largest absolute Gasteiger partial charge is 0.490 e. The predicted molar refractivity (Wildman–Crippen MR) is 76.1 cm³/mol. The highest BCUT2D eigenvalue weighted by atomic mass is 19.4. The van der Waals surface area contributed by atoms with Gasteiger partial charge >= 0.3 is 12.1 Å². The molecule has 1 saturated carbocycles. The van der Waals surface area contributed by atoms with Crippen LogP contribution in [0.1, 0.15) is 29.9 Å². The summed E-state index contributed by atoms with van der Waals surface area (Å²) in [5.41, 5.74) is 2.02. The highest BCUT2D eigenvalue weighted by molar-refractivity contribution is 5.73. The SMILES string of the molecule is Cc1noc(C)c1CN1C[C@@H]2CC(F)(F)C[C@@H]2C1.O=C(O)C(F)(F)F. The van der Waals surface area contributed by atoms with Gasteiger partial charge in [-0.05, 0) is 25.7 Å². The lowest BCUT2D eigenvalue weighted by Gasteiger charge is -2.18. The molecule has 2 fully saturated rings. The zero-order chi connectivity index (χ0) is 19.0. The number of halogens is 5. The van der Waals surface area contributed by atoms with E-state index in [0.717, 1.165) is 36.7 Å². The highest BCUT2D eigenvalue weighted by Gasteiger charge is 2.50. The second-order valence-corrected chi connectivity index (χ2v) is 6.58. The van der Waals surface area contributed by atoms with Gasteiger partial charge in [0.25, 0.3) is 0 Å². The molecule has 25 heavy (non-hydrogen) atoms. The Labute approximate surface area is 140 Å². The van der Waals surface area contributed by atoms with E-state index in [1.54, 1.807) is 0 Å². The Morgan fingerprint density at radius 3 is 2.12 bits per heavy atom. The predicted octanol–water partition coefficient (Wildman–Crippen LogP) is 3.40. The van der Waals surface area contributed by atoms with Crippen molar-refractivity contribution in [2.75, 3.05) is 13.1 Å². The number of carboxylic acids is 1. The molecule has 0 bridgehead atoms. The first-order chi connectivity index (χ1) is 11.4. The summed E-state index contributed by atoms with van der Waals surface area (Å²) in [7, 11) is 0. The van der Waals surface area contributed by atoms with Crippen molar-refractivity contribution >= 4 is 5.97 Å². The minimum absolute atomic E-state index is 0.0652. The van der Waals surface area contributed by atoms with Crippen molar-refractivity contribution in [3.05, 3.63) is 17.0 Å². The van der Waals surface area contributed by atoms with Crippen molar-refractivity contribution in [2.24, 2.45) is 11.8 Å². The molecule has 5 nitrogen and oxygen atoms in total. The fourth-order valence-corrected chi connectivity index (χ4v) is 3.43. The van der Waals surface area contributed by atoms with Crippen LogP contribution in [0.3, 0.4) is 0 Å². The molecule has 0 spiro atoms. The first-order valence-corrected chi connectivity index (χ1v) is 7.71. The smallest absolute Gasteiger partial charge is 0.475 e. The van der Waals surface area contributed by atoms with Crippen LogP contribution in [0.15, 0.2) is 4.52 Å². The van der Waals surface area contributed by atoms with Crippen molar-refractivity contribution < 1.29 is 36.4 Å². The van der Waals surface area contributed by atoms with Crippen molar-refractivity contribution in [3.8, 4) is 0 Å². The maximum atomic E-state index is 13.3. The lowest BCUT2D eigenvalue weighted by atomic mass is 10.0. The first kappa shape index (κ1) is 19.6. The standard InChI is InChI=1S/C13H18F2N2O.C2HF3O2/c1-8-12(9(2)18-16-8)7-17-5-10-3-13(14,15)4-11(10)6-17;3-2(4,5)1(6)7/h10-11H,3-7H2,1-2H3;(H,6,7)/t10-,11+;. The molecule has 0 amide bonds. The first-order valence-electron chi connectivity index (χ1n) is 7.71. The Kier molecular flexibility index (Phi) is 5.41. The summed E-state index contributed by atoms with van der Waals surface area (Å²) in [6.45, 7) is 6.17. The summed E-state index contributed by atoms with van der Waals surface area (Å²) in [6, 6.07) is 0. The molecule has 142 valence electrons. The number of aryl methyl sites for hydroxylation is 2. The third-order valence-electron chi connectivity index (χ3n) is 4.58. The normalized spacial score (nSPS) is 25.4. The summed E-state index contributed by atoms with van der Waals surface area (Å²) in [5.74, 6) is -4.01. The number of aliphatic carboxylic acids is 1. The molecule has 1 aliphatic carbocycles. The molecular weight excluding hydrogens is 351 g/mol. The summed E-state index contributed by atoms with van der Waals surface area (Å²) in [5, 5.41) is 11.1. The van der Waals surface area contributed by atoms with Crippen molar-refractivity contribution in [1.29, 1.82) is 0 Å². The van der Waals surface area contributed by atoms with E-state index in [0.29, 0.717) is 0 Å². The van der Waals surface area contributed by atoms with E-state index in [2.05, 4.69) is 10.1 Å². The maximum absolute atomic E-state index is 13.3. The Hall–Kier alpha value is -1.71. The van der Waals surface area contributed by atoms with Crippen LogP contribution in [0, 0.1) is 25.7 Å². The molecule has 0 aromatic carbocycles. The van der Waals surface area contributed by atoms with Gasteiger partial charge in [-0.1, -0.05) is 5.16 Å². The third-order valence-corrected chi connectivity index (χ3v) is 4.58. The minimum Gasteiger partial charge on any atom is -0.475 e. The highest BCUT2D eigenvalue weighted by Crippen LogP contribution is 2.47. The summed E-state index contributed by atoms with van der Waals surface area (Å²) in [6.07, 6.45) is -4.95. The fourth-order valence-electron chi connectivity index (χ4n) is 3.43. The molecule has 2 atom stereocenters. The van der Waals surface area contributed by atoms with E-state index < -0.39 is 18.1 Å². The topological polar surface area (TPSA) is 66.6 Å². The van der Waals surface area contributed by atoms with Gasteiger partial charge < -0.3 is 9.63 Å². The molecule has 1 aromatic heterocycles. The summed E-state index contributed by atoms with van der Waals surface area (Å²) < 4.78 is 63.4. The number of nitrogens with zero attached hydrogens (tertiary/aromatic N) is 2. The van der Waals surface area contributed by atoms with Crippen molar-refractivity contribution in [1.82, 2.24) is 10.1 Å². The van der Waals surface area contributed by atoms with Crippen LogP contribution in [-0.2, 0) is 11.3 Å². The quantitative estimate of drug-likeness (QED) is 0.809. The molecule has 0 radical (unpaired) electrons. The minimum atomic E-state index is -5.08. The number of hydrogen-bond acceptors (Lipinski definition) is 4. The molecule has 2 heterocycles. The van der Waals surface area contributed by atoms with Crippen LogP contribution in [-0.4, -0.2) is 46.3 Å². The average molecular weight is 370 g/mol. The fraction of sp³-hybridized carbons (Fsp3) is 0.733. The second-order valence-electron chi connectivity index (χ2n) is 6.58. The summed E-state index contributed by atoms with van der Waals surface area (Å²) >= 11 is 0. The van der Waals surface area contributed by atoms with Gasteiger partial charge in [0.1, 0.15) is 5.76 Å². The lowest BCUT2D eigenvalue weighted by Crippen LogP contribution is -2.24. The van der Waals surface area contributed by atoms with E-state index in [-0.39, 0.29) is 24.7 Å². The van der Waals surface area contributed by atoms with Gasteiger partial charge in [0.15, 0.2) is 0 Å².